The van der Waals surface area contributed by atoms with Crippen LogP contribution < -0.4 is 15.6 Å². The summed E-state index contributed by atoms with van der Waals surface area (Å²) in [6, 6.07) is 15.1. The number of anilines is 1. The molecular weight excluding hydrogens is 280 g/mol. The fourth-order valence-corrected chi connectivity index (χ4v) is 1.85. The topological polar surface area (TPSA) is 64.8 Å². The number of rotatable bonds is 5. The molecule has 0 bridgehead atoms. The maximum Gasteiger partial charge on any atom is 0.428 e. The molecule has 0 atom stereocenters. The number of carbonyl (C=O) groups excluding carboxylic acids is 1. The monoisotopic (exact) mass is 300 g/mol. The van der Waals surface area contributed by atoms with Crippen molar-refractivity contribution in [3.63, 3.8) is 0 Å². The quantitative estimate of drug-likeness (QED) is 0.522. The van der Waals surface area contributed by atoms with Gasteiger partial charge in [0.05, 0.1) is 12.3 Å². The Balaban J connectivity index is 1.94. The molecule has 0 aliphatic heterocycles. The van der Waals surface area contributed by atoms with Crippen molar-refractivity contribution in [1.29, 1.82) is 0 Å². The van der Waals surface area contributed by atoms with Crippen LogP contribution in [0.15, 0.2) is 48.5 Å². The molecule has 116 valence electrons. The molecule has 0 spiro atoms. The smallest absolute Gasteiger partial charge is 0.428 e. The molecule has 1 amide bonds. The van der Waals surface area contributed by atoms with Gasteiger partial charge in [0, 0.05) is 0 Å². The Labute approximate surface area is 130 Å². The van der Waals surface area contributed by atoms with Crippen molar-refractivity contribution in [3.8, 4) is 5.75 Å². The van der Waals surface area contributed by atoms with Gasteiger partial charge in [-0.15, -0.1) is 0 Å². The summed E-state index contributed by atoms with van der Waals surface area (Å²) in [7, 11) is 0. The number of nitrogens with two attached hydrogens (primary N) is 1. The van der Waals surface area contributed by atoms with Crippen molar-refractivity contribution < 1.29 is 14.3 Å². The Bertz CT molecular complexity index is 609. The van der Waals surface area contributed by atoms with Gasteiger partial charge in [-0.05, 0) is 43.7 Å². The number of nitrogens with zero attached hydrogens (tertiary/aromatic N) is 1. The molecule has 0 saturated heterocycles. The molecule has 2 aromatic carbocycles. The van der Waals surface area contributed by atoms with Crippen LogP contribution in [-0.2, 0) is 11.3 Å². The zero-order valence-electron chi connectivity index (χ0n) is 12.8. The zero-order chi connectivity index (χ0) is 15.9. The van der Waals surface area contributed by atoms with Crippen molar-refractivity contribution in [2.24, 2.45) is 5.84 Å². The summed E-state index contributed by atoms with van der Waals surface area (Å²) in [6.45, 7) is 4.55. The molecule has 5 nitrogen and oxygen atoms in total. The summed E-state index contributed by atoms with van der Waals surface area (Å²) in [4.78, 5) is 11.5. The van der Waals surface area contributed by atoms with E-state index in [9.17, 15) is 4.79 Å². The third-order valence-corrected chi connectivity index (χ3v) is 3.11. The third kappa shape index (κ3) is 4.23. The van der Waals surface area contributed by atoms with E-state index in [1.54, 1.807) is 31.2 Å². The highest BCUT2D eigenvalue weighted by Gasteiger charge is 2.12. The molecule has 2 N–H and O–H groups in total. The summed E-state index contributed by atoms with van der Waals surface area (Å²) in [5.74, 6) is 6.38. The lowest BCUT2D eigenvalue weighted by Gasteiger charge is -2.16. The second-order valence-corrected chi connectivity index (χ2v) is 4.84. The van der Waals surface area contributed by atoms with Crippen LogP contribution in [0.2, 0.25) is 0 Å². The second kappa shape index (κ2) is 7.47. The molecule has 0 aromatic heterocycles. The fraction of sp³-hybridized carbons (Fsp3) is 0.235. The van der Waals surface area contributed by atoms with Crippen molar-refractivity contribution in [2.75, 3.05) is 11.6 Å². The predicted octanol–water partition coefficient (Wildman–Crippen LogP) is 3.41. The number of hydrogen-bond acceptors (Lipinski definition) is 4. The first-order chi connectivity index (χ1) is 10.6. The average molecular weight is 300 g/mol. The number of hydrogen-bond donors (Lipinski definition) is 1. The third-order valence-electron chi connectivity index (χ3n) is 3.11. The Morgan fingerprint density at radius 2 is 1.73 bits per heavy atom. The first-order valence-corrected chi connectivity index (χ1v) is 7.10. The number of amides is 1. The van der Waals surface area contributed by atoms with E-state index < -0.39 is 6.09 Å². The predicted molar refractivity (Wildman–Crippen MR) is 85.6 cm³/mol. The molecule has 0 heterocycles. The number of hydrazine groups is 1. The van der Waals surface area contributed by atoms with Crippen LogP contribution in [0.5, 0.6) is 5.75 Å². The summed E-state index contributed by atoms with van der Waals surface area (Å²) in [5.41, 5.74) is 2.86. The van der Waals surface area contributed by atoms with Crippen LogP contribution in [0.25, 0.3) is 0 Å². The number of aryl methyl sites for hydroxylation is 1. The van der Waals surface area contributed by atoms with Crippen LogP contribution in [0.3, 0.4) is 0 Å². The highest BCUT2D eigenvalue weighted by Crippen LogP contribution is 2.19. The highest BCUT2D eigenvalue weighted by molar-refractivity contribution is 5.86. The molecule has 22 heavy (non-hydrogen) atoms. The minimum atomic E-state index is -0.587. The zero-order valence-corrected chi connectivity index (χ0v) is 12.8. The summed E-state index contributed by atoms with van der Waals surface area (Å²) >= 11 is 0. The molecule has 0 unspecified atom stereocenters. The van der Waals surface area contributed by atoms with E-state index in [4.69, 9.17) is 15.3 Å². The first kappa shape index (κ1) is 15.9. The van der Waals surface area contributed by atoms with E-state index in [1.165, 1.54) is 5.56 Å². The van der Waals surface area contributed by atoms with Crippen LogP contribution in [0, 0.1) is 6.92 Å². The van der Waals surface area contributed by atoms with Gasteiger partial charge < -0.3 is 9.47 Å². The van der Waals surface area contributed by atoms with Gasteiger partial charge in [-0.1, -0.05) is 29.8 Å². The highest BCUT2D eigenvalue weighted by atomic mass is 16.6. The van der Waals surface area contributed by atoms with E-state index >= 15 is 0 Å². The Morgan fingerprint density at radius 1 is 1.09 bits per heavy atom. The van der Waals surface area contributed by atoms with Gasteiger partial charge in [0.1, 0.15) is 12.4 Å². The van der Waals surface area contributed by atoms with Crippen LogP contribution in [0.1, 0.15) is 18.1 Å². The molecule has 0 aliphatic rings. The van der Waals surface area contributed by atoms with Crippen molar-refractivity contribution in [3.05, 3.63) is 59.7 Å². The van der Waals surface area contributed by atoms with Crippen LogP contribution in [-0.4, -0.2) is 12.7 Å². The standard InChI is InChI=1S/C17H20N2O3/c1-3-21-17(20)19(18)15-8-10-16(11-9-15)22-12-14-6-4-13(2)5-7-14/h4-11H,3,12,18H2,1-2H3. The minimum Gasteiger partial charge on any atom is -0.489 e. The van der Waals surface area contributed by atoms with Crippen molar-refractivity contribution in [1.82, 2.24) is 0 Å². The van der Waals surface area contributed by atoms with E-state index in [2.05, 4.69) is 0 Å². The molecule has 2 rings (SSSR count). The lowest BCUT2D eigenvalue weighted by Crippen LogP contribution is -2.37. The first-order valence-electron chi connectivity index (χ1n) is 7.10. The lowest BCUT2D eigenvalue weighted by atomic mass is 10.2. The summed E-state index contributed by atoms with van der Waals surface area (Å²) in [6.07, 6.45) is -0.587. The second-order valence-electron chi connectivity index (χ2n) is 4.84. The van der Waals surface area contributed by atoms with Gasteiger partial charge in [0.2, 0.25) is 0 Å². The Morgan fingerprint density at radius 3 is 2.32 bits per heavy atom. The van der Waals surface area contributed by atoms with Gasteiger partial charge in [-0.25, -0.2) is 15.6 Å². The van der Waals surface area contributed by atoms with E-state index in [0.717, 1.165) is 10.6 Å². The molecule has 0 fully saturated rings. The summed E-state index contributed by atoms with van der Waals surface area (Å²) < 4.78 is 10.5. The molecule has 2 aromatic rings. The Kier molecular flexibility index (Phi) is 5.38. The molecule has 0 saturated carbocycles. The average Bonchev–Trinajstić information content (AvgIpc) is 2.54. The maximum absolute atomic E-state index is 11.5. The molecule has 0 aliphatic carbocycles. The van der Waals surface area contributed by atoms with Crippen molar-refractivity contribution >= 4 is 11.8 Å². The molecule has 0 radical (unpaired) electrons. The van der Waals surface area contributed by atoms with Crippen LogP contribution >= 0.6 is 0 Å². The van der Waals surface area contributed by atoms with Gasteiger partial charge >= 0.3 is 6.09 Å². The van der Waals surface area contributed by atoms with Gasteiger partial charge in [0.15, 0.2) is 0 Å². The Hall–Kier alpha value is -2.53. The number of benzene rings is 2. The lowest BCUT2D eigenvalue weighted by molar-refractivity contribution is 0.160. The van der Waals surface area contributed by atoms with Crippen molar-refractivity contribution in [2.45, 2.75) is 20.5 Å². The molecule has 5 heteroatoms. The minimum absolute atomic E-state index is 0.282. The summed E-state index contributed by atoms with van der Waals surface area (Å²) in [5, 5.41) is 0.966. The largest absolute Gasteiger partial charge is 0.489 e. The van der Waals surface area contributed by atoms with Gasteiger partial charge in [-0.3, -0.25) is 0 Å². The van der Waals surface area contributed by atoms with E-state index in [1.807, 2.05) is 31.2 Å². The maximum atomic E-state index is 11.5. The van der Waals surface area contributed by atoms with E-state index in [0.29, 0.717) is 18.0 Å². The number of carbonyl (C=O) groups is 1. The number of ether oxygens (including phenoxy) is 2. The SMILES string of the molecule is CCOC(=O)N(N)c1ccc(OCc2ccc(C)cc2)cc1. The fourth-order valence-electron chi connectivity index (χ4n) is 1.85. The van der Waals surface area contributed by atoms with E-state index in [-0.39, 0.29) is 6.61 Å². The van der Waals surface area contributed by atoms with Gasteiger partial charge in [0.25, 0.3) is 0 Å². The van der Waals surface area contributed by atoms with Gasteiger partial charge in [-0.2, -0.15) is 0 Å². The normalized spacial score (nSPS) is 10.1. The molecular formula is C17H20N2O3. The van der Waals surface area contributed by atoms with Crippen LogP contribution in [0.4, 0.5) is 10.5 Å².